The van der Waals surface area contributed by atoms with Crippen molar-refractivity contribution in [1.29, 1.82) is 0 Å². The van der Waals surface area contributed by atoms with Crippen molar-refractivity contribution in [2.75, 3.05) is 7.11 Å². The predicted octanol–water partition coefficient (Wildman–Crippen LogP) is 6.07. The summed E-state index contributed by atoms with van der Waals surface area (Å²) >= 11 is 8.02. The number of nitrogens with zero attached hydrogens (tertiary/aromatic N) is 5. The quantitative estimate of drug-likeness (QED) is 0.239. The Kier molecular flexibility index (Phi) is 6.66. The summed E-state index contributed by atoms with van der Waals surface area (Å²) in [7, 11) is 1.64. The molecule has 0 aliphatic heterocycles. The number of aromatic nitrogens is 5. The fourth-order valence-electron chi connectivity index (χ4n) is 3.70. The summed E-state index contributed by atoms with van der Waals surface area (Å²) in [6.45, 7) is 4.29. The van der Waals surface area contributed by atoms with E-state index in [-0.39, 0.29) is 6.61 Å². The zero-order valence-electron chi connectivity index (χ0n) is 19.6. The maximum atomic E-state index is 6.45. The number of benzene rings is 2. The minimum Gasteiger partial charge on any atom is -0.497 e. The molecule has 3 aromatic heterocycles. The monoisotopic (exact) mass is 505 g/mol. The van der Waals surface area contributed by atoms with E-state index in [0.29, 0.717) is 16.6 Å². The number of imidazole rings is 1. The third kappa shape index (κ3) is 4.99. The van der Waals surface area contributed by atoms with Crippen molar-refractivity contribution < 1.29 is 9.47 Å². The molecular weight excluding hydrogens is 482 g/mol. The third-order valence-corrected chi connectivity index (χ3v) is 6.99. The van der Waals surface area contributed by atoms with E-state index in [0.717, 1.165) is 44.8 Å². The molecule has 0 unspecified atom stereocenters. The van der Waals surface area contributed by atoms with Crippen LogP contribution < -0.4 is 9.47 Å². The molecule has 9 heteroatoms. The van der Waals surface area contributed by atoms with E-state index in [1.165, 1.54) is 0 Å². The molecule has 178 valence electrons. The van der Waals surface area contributed by atoms with E-state index in [9.17, 15) is 0 Å². The van der Waals surface area contributed by atoms with Crippen molar-refractivity contribution in [1.82, 2.24) is 24.1 Å². The molecule has 5 aromatic rings. The smallest absolute Gasteiger partial charge is 0.196 e. The van der Waals surface area contributed by atoms with Crippen LogP contribution in [0.5, 0.6) is 11.5 Å². The first-order valence-corrected chi connectivity index (χ1v) is 12.4. The number of hydrogen-bond acceptors (Lipinski definition) is 6. The molecule has 0 aliphatic carbocycles. The number of halogens is 1. The van der Waals surface area contributed by atoms with Crippen molar-refractivity contribution in [3.8, 4) is 17.2 Å². The number of aryl methyl sites for hydroxylation is 2. The fraction of sp³-hybridized carbons (Fsp3) is 0.192. The zero-order chi connectivity index (χ0) is 24.4. The Morgan fingerprint density at radius 2 is 1.77 bits per heavy atom. The number of thioether (sulfide) groups is 1. The first kappa shape index (κ1) is 23.3. The average Bonchev–Trinajstić information content (AvgIpc) is 3.48. The molecular formula is C26H24ClN5O2S. The lowest BCUT2D eigenvalue weighted by atomic mass is 10.2. The van der Waals surface area contributed by atoms with Crippen LogP contribution in [-0.4, -0.2) is 31.3 Å². The van der Waals surface area contributed by atoms with Gasteiger partial charge >= 0.3 is 0 Å². The third-order valence-electron chi connectivity index (χ3n) is 5.62. The van der Waals surface area contributed by atoms with Crippen molar-refractivity contribution >= 4 is 29.0 Å². The van der Waals surface area contributed by atoms with Crippen molar-refractivity contribution in [2.24, 2.45) is 0 Å². The maximum Gasteiger partial charge on any atom is 0.196 e. The second-order valence-corrected chi connectivity index (χ2v) is 9.42. The first-order valence-electron chi connectivity index (χ1n) is 11.1. The molecule has 0 radical (unpaired) electrons. The summed E-state index contributed by atoms with van der Waals surface area (Å²) in [5.74, 6) is 2.82. The summed E-state index contributed by atoms with van der Waals surface area (Å²) in [6.07, 6.45) is 4.06. The Labute approximate surface area is 212 Å². The molecule has 0 saturated heterocycles. The van der Waals surface area contributed by atoms with E-state index in [2.05, 4.69) is 23.2 Å². The van der Waals surface area contributed by atoms with E-state index in [1.807, 2.05) is 76.8 Å². The van der Waals surface area contributed by atoms with E-state index >= 15 is 0 Å². The highest BCUT2D eigenvalue weighted by atomic mass is 35.5. The van der Waals surface area contributed by atoms with Crippen LogP contribution in [0.1, 0.15) is 22.6 Å². The Hall–Kier alpha value is -3.49. The SMILES string of the molecule is COc1ccc(OCc2nnc(SCc3cn4cccc(C)c4n3)n2-c2ccc(C)c(Cl)c2)cc1. The predicted molar refractivity (Wildman–Crippen MR) is 138 cm³/mol. The first-order chi connectivity index (χ1) is 17.0. The lowest BCUT2D eigenvalue weighted by Gasteiger charge is -2.12. The van der Waals surface area contributed by atoms with Crippen molar-refractivity contribution in [3.63, 3.8) is 0 Å². The van der Waals surface area contributed by atoms with Crippen LogP contribution >= 0.6 is 23.4 Å². The number of pyridine rings is 1. The maximum absolute atomic E-state index is 6.45. The highest BCUT2D eigenvalue weighted by molar-refractivity contribution is 7.98. The van der Waals surface area contributed by atoms with Gasteiger partial charge in [-0.1, -0.05) is 35.5 Å². The molecule has 0 spiro atoms. The molecule has 35 heavy (non-hydrogen) atoms. The number of methoxy groups -OCH3 is 1. The van der Waals surface area contributed by atoms with Crippen molar-refractivity contribution in [3.05, 3.63) is 94.7 Å². The molecule has 5 rings (SSSR count). The van der Waals surface area contributed by atoms with Gasteiger partial charge in [0.05, 0.1) is 18.5 Å². The van der Waals surface area contributed by atoms with Gasteiger partial charge < -0.3 is 13.9 Å². The zero-order valence-corrected chi connectivity index (χ0v) is 21.2. The Morgan fingerprint density at radius 3 is 2.51 bits per heavy atom. The van der Waals surface area contributed by atoms with Gasteiger partial charge in [0.2, 0.25) is 0 Å². The van der Waals surface area contributed by atoms with Gasteiger partial charge in [-0.15, -0.1) is 10.2 Å². The summed E-state index contributed by atoms with van der Waals surface area (Å²) < 4.78 is 15.3. The van der Waals surface area contributed by atoms with Gasteiger partial charge in [-0.05, 0) is 67.4 Å². The van der Waals surface area contributed by atoms with Crippen LogP contribution in [0.2, 0.25) is 5.02 Å². The Bertz CT molecular complexity index is 1480. The number of fused-ring (bicyclic) bond motifs is 1. The lowest BCUT2D eigenvalue weighted by Crippen LogP contribution is -2.07. The molecule has 0 saturated carbocycles. The van der Waals surface area contributed by atoms with Crippen molar-refractivity contribution in [2.45, 2.75) is 31.4 Å². The fourth-order valence-corrected chi connectivity index (χ4v) is 4.73. The van der Waals surface area contributed by atoms with Gasteiger partial charge in [-0.25, -0.2) is 4.98 Å². The second-order valence-electron chi connectivity index (χ2n) is 8.07. The molecule has 2 aromatic carbocycles. The molecule has 0 atom stereocenters. The van der Waals surface area contributed by atoms with Gasteiger partial charge in [0.25, 0.3) is 0 Å². The molecule has 3 heterocycles. The molecule has 0 fully saturated rings. The number of ether oxygens (including phenoxy) is 2. The molecule has 0 N–H and O–H groups in total. The highest BCUT2D eigenvalue weighted by Gasteiger charge is 2.17. The van der Waals surface area contributed by atoms with Gasteiger partial charge in [0.15, 0.2) is 11.0 Å². The summed E-state index contributed by atoms with van der Waals surface area (Å²) in [5, 5.41) is 10.3. The van der Waals surface area contributed by atoms with E-state index in [4.69, 9.17) is 26.1 Å². The molecule has 0 amide bonds. The van der Waals surface area contributed by atoms with Crippen LogP contribution in [-0.2, 0) is 12.4 Å². The van der Waals surface area contributed by atoms with E-state index in [1.54, 1.807) is 18.9 Å². The Morgan fingerprint density at radius 1 is 0.971 bits per heavy atom. The van der Waals surface area contributed by atoms with Crippen LogP contribution in [0, 0.1) is 13.8 Å². The standard InChI is InChI=1S/C26H24ClN5O2S/c1-17-6-7-20(13-23(17)27)32-24(15-34-22-10-8-21(33-3)9-11-22)29-30-26(32)35-16-19-14-31-12-4-5-18(2)25(31)28-19/h4-14H,15-16H2,1-3H3. The normalized spacial score (nSPS) is 11.2. The highest BCUT2D eigenvalue weighted by Crippen LogP contribution is 2.28. The summed E-state index contributed by atoms with van der Waals surface area (Å²) in [5.41, 5.74) is 4.96. The van der Waals surface area contributed by atoms with Gasteiger partial charge in [-0.3, -0.25) is 4.57 Å². The molecule has 0 bridgehead atoms. The number of hydrogen-bond donors (Lipinski definition) is 0. The van der Waals surface area contributed by atoms with Crippen LogP contribution in [0.3, 0.4) is 0 Å². The molecule has 0 aliphatic rings. The van der Waals surface area contributed by atoms with Gasteiger partial charge in [0, 0.05) is 23.2 Å². The van der Waals surface area contributed by atoms with Crippen LogP contribution in [0.4, 0.5) is 0 Å². The minimum atomic E-state index is 0.249. The largest absolute Gasteiger partial charge is 0.497 e. The minimum absolute atomic E-state index is 0.249. The lowest BCUT2D eigenvalue weighted by molar-refractivity contribution is 0.292. The second kappa shape index (κ2) is 10.0. The summed E-state index contributed by atoms with van der Waals surface area (Å²) in [4.78, 5) is 4.78. The van der Waals surface area contributed by atoms with Gasteiger partial charge in [0.1, 0.15) is 23.8 Å². The topological polar surface area (TPSA) is 66.5 Å². The average molecular weight is 506 g/mol. The van der Waals surface area contributed by atoms with Crippen LogP contribution in [0.25, 0.3) is 11.3 Å². The van der Waals surface area contributed by atoms with E-state index < -0.39 is 0 Å². The summed E-state index contributed by atoms with van der Waals surface area (Å²) in [6, 6.07) is 17.5. The Balaban J connectivity index is 1.42. The van der Waals surface area contributed by atoms with Crippen LogP contribution in [0.15, 0.2) is 72.1 Å². The molecule has 7 nitrogen and oxygen atoms in total. The van der Waals surface area contributed by atoms with Gasteiger partial charge in [-0.2, -0.15) is 0 Å². The number of rotatable bonds is 8.